The average Bonchev–Trinajstić information content (AvgIpc) is 2.69. The molecule has 0 bridgehead atoms. The molecule has 0 amide bonds. The van der Waals surface area contributed by atoms with Crippen molar-refractivity contribution >= 4 is 0 Å². The molecular weight excluding hydrogens is 208 g/mol. The van der Waals surface area contributed by atoms with Crippen LogP contribution in [0, 0.1) is 6.92 Å². The van der Waals surface area contributed by atoms with Crippen LogP contribution in [0.2, 0.25) is 0 Å². The highest BCUT2D eigenvalue weighted by Gasteiger charge is 2.22. The zero-order valence-corrected chi connectivity index (χ0v) is 9.52. The van der Waals surface area contributed by atoms with E-state index in [-0.39, 0.29) is 12.7 Å². The van der Waals surface area contributed by atoms with Crippen LogP contribution >= 0.6 is 0 Å². The van der Waals surface area contributed by atoms with E-state index in [1.807, 2.05) is 11.5 Å². The van der Waals surface area contributed by atoms with Gasteiger partial charge in [-0.3, -0.25) is 0 Å². The summed E-state index contributed by atoms with van der Waals surface area (Å²) in [6.07, 6.45) is 0.695. The number of aryl methyl sites for hydroxylation is 1. The van der Waals surface area contributed by atoms with Crippen LogP contribution in [0.15, 0.2) is 0 Å². The van der Waals surface area contributed by atoms with E-state index in [4.69, 9.17) is 9.84 Å². The van der Waals surface area contributed by atoms with Crippen molar-refractivity contribution in [1.29, 1.82) is 0 Å². The minimum absolute atomic E-state index is 0.0198. The Balaban J connectivity index is 2.12. The maximum atomic E-state index is 8.86. The van der Waals surface area contributed by atoms with E-state index in [0.717, 1.165) is 31.3 Å². The van der Waals surface area contributed by atoms with Gasteiger partial charge in [0.15, 0.2) is 5.82 Å². The van der Waals surface area contributed by atoms with Crippen LogP contribution in [0.3, 0.4) is 0 Å². The van der Waals surface area contributed by atoms with Gasteiger partial charge in [0.05, 0.1) is 6.61 Å². The maximum Gasteiger partial charge on any atom is 0.163 e. The second-order valence-electron chi connectivity index (χ2n) is 3.90. The van der Waals surface area contributed by atoms with Crippen LogP contribution in [-0.2, 0) is 11.3 Å². The van der Waals surface area contributed by atoms with Crippen molar-refractivity contribution in [1.82, 2.24) is 20.1 Å². The van der Waals surface area contributed by atoms with Gasteiger partial charge in [-0.15, -0.1) is 10.2 Å². The lowest BCUT2D eigenvalue weighted by molar-refractivity contribution is 0.0195. The first-order valence-corrected chi connectivity index (χ1v) is 5.66. The number of nitrogens with one attached hydrogen (secondary N) is 1. The second-order valence-corrected chi connectivity index (χ2v) is 3.90. The Morgan fingerprint density at radius 3 is 3.12 bits per heavy atom. The van der Waals surface area contributed by atoms with Crippen molar-refractivity contribution in [3.63, 3.8) is 0 Å². The minimum atomic E-state index is -0.0198. The molecule has 2 N–H and O–H groups in total. The van der Waals surface area contributed by atoms with Crippen molar-refractivity contribution in [2.45, 2.75) is 26.0 Å². The number of hydrogen-bond donors (Lipinski definition) is 2. The topological polar surface area (TPSA) is 72.2 Å². The predicted molar refractivity (Wildman–Crippen MR) is 58.0 cm³/mol. The highest BCUT2D eigenvalue weighted by molar-refractivity contribution is 4.99. The van der Waals surface area contributed by atoms with E-state index in [1.165, 1.54) is 0 Å². The Hall–Kier alpha value is -0.980. The Morgan fingerprint density at radius 2 is 2.44 bits per heavy atom. The largest absolute Gasteiger partial charge is 0.396 e. The zero-order chi connectivity index (χ0) is 11.4. The Kier molecular flexibility index (Phi) is 3.87. The van der Waals surface area contributed by atoms with Crippen molar-refractivity contribution in [2.75, 3.05) is 26.3 Å². The molecule has 2 rings (SSSR count). The summed E-state index contributed by atoms with van der Waals surface area (Å²) in [6, 6.07) is 0. The summed E-state index contributed by atoms with van der Waals surface area (Å²) in [6.45, 7) is 5.21. The molecule has 0 aromatic carbocycles. The Bertz CT molecular complexity index is 334. The minimum Gasteiger partial charge on any atom is -0.396 e. The smallest absolute Gasteiger partial charge is 0.163 e. The SMILES string of the molecule is Cc1nnc(C2CNCCO2)n1CCCO. The molecule has 0 saturated carbocycles. The average molecular weight is 226 g/mol. The van der Waals surface area contributed by atoms with Gasteiger partial charge in [0.1, 0.15) is 11.9 Å². The molecule has 1 aliphatic rings. The predicted octanol–water partition coefficient (Wildman–Crippen LogP) is -0.370. The summed E-state index contributed by atoms with van der Waals surface area (Å²) in [7, 11) is 0. The summed E-state index contributed by atoms with van der Waals surface area (Å²) in [4.78, 5) is 0. The third-order valence-corrected chi connectivity index (χ3v) is 2.72. The van der Waals surface area contributed by atoms with Crippen molar-refractivity contribution in [3.05, 3.63) is 11.6 Å². The molecule has 2 heterocycles. The monoisotopic (exact) mass is 226 g/mol. The van der Waals surface area contributed by atoms with E-state index < -0.39 is 0 Å². The molecule has 1 aromatic heterocycles. The Labute approximate surface area is 94.6 Å². The Morgan fingerprint density at radius 1 is 1.56 bits per heavy atom. The molecule has 1 aromatic rings. The first-order valence-electron chi connectivity index (χ1n) is 5.66. The lowest BCUT2D eigenvalue weighted by Gasteiger charge is -2.23. The molecule has 6 nitrogen and oxygen atoms in total. The highest BCUT2D eigenvalue weighted by Crippen LogP contribution is 2.17. The molecule has 1 aliphatic heterocycles. The van der Waals surface area contributed by atoms with Crippen LogP contribution in [-0.4, -0.2) is 46.2 Å². The van der Waals surface area contributed by atoms with Gasteiger partial charge in [-0.1, -0.05) is 0 Å². The molecule has 0 spiro atoms. The number of hydrogen-bond acceptors (Lipinski definition) is 5. The van der Waals surface area contributed by atoms with Crippen LogP contribution in [0.25, 0.3) is 0 Å². The fourth-order valence-electron chi connectivity index (χ4n) is 1.87. The molecule has 0 radical (unpaired) electrons. The van der Waals surface area contributed by atoms with Gasteiger partial charge in [0.25, 0.3) is 0 Å². The van der Waals surface area contributed by atoms with E-state index >= 15 is 0 Å². The lowest BCUT2D eigenvalue weighted by Crippen LogP contribution is -2.34. The fraction of sp³-hybridized carbons (Fsp3) is 0.800. The first kappa shape index (κ1) is 11.5. The zero-order valence-electron chi connectivity index (χ0n) is 9.52. The van der Waals surface area contributed by atoms with Gasteiger partial charge in [-0.2, -0.15) is 0 Å². The van der Waals surface area contributed by atoms with Gasteiger partial charge in [-0.05, 0) is 13.3 Å². The van der Waals surface area contributed by atoms with Gasteiger partial charge < -0.3 is 19.7 Å². The summed E-state index contributed by atoms with van der Waals surface area (Å²) < 4.78 is 7.67. The van der Waals surface area contributed by atoms with Crippen LogP contribution < -0.4 is 5.32 Å². The number of aliphatic hydroxyl groups excluding tert-OH is 1. The third-order valence-electron chi connectivity index (χ3n) is 2.72. The number of morpholine rings is 1. The van der Waals surface area contributed by atoms with Crippen molar-refractivity contribution in [2.24, 2.45) is 0 Å². The first-order chi connectivity index (χ1) is 7.83. The van der Waals surface area contributed by atoms with Crippen LogP contribution in [0.1, 0.15) is 24.2 Å². The van der Waals surface area contributed by atoms with E-state index in [9.17, 15) is 0 Å². The summed E-state index contributed by atoms with van der Waals surface area (Å²) in [5, 5.41) is 20.4. The number of rotatable bonds is 4. The van der Waals surface area contributed by atoms with Gasteiger partial charge in [-0.25, -0.2) is 0 Å². The number of aromatic nitrogens is 3. The molecule has 1 fully saturated rings. The highest BCUT2D eigenvalue weighted by atomic mass is 16.5. The molecule has 16 heavy (non-hydrogen) atoms. The van der Waals surface area contributed by atoms with E-state index in [2.05, 4.69) is 15.5 Å². The molecule has 1 unspecified atom stereocenters. The maximum absolute atomic E-state index is 8.86. The molecule has 1 saturated heterocycles. The standard InChI is InChI=1S/C10H18N4O2/c1-8-12-13-10(14(8)4-2-5-15)9-7-11-3-6-16-9/h9,11,15H,2-7H2,1H3. The van der Waals surface area contributed by atoms with Crippen molar-refractivity contribution < 1.29 is 9.84 Å². The van der Waals surface area contributed by atoms with Crippen molar-refractivity contribution in [3.8, 4) is 0 Å². The van der Waals surface area contributed by atoms with Crippen LogP contribution in [0.5, 0.6) is 0 Å². The summed E-state index contributed by atoms with van der Waals surface area (Å²) in [5.41, 5.74) is 0. The van der Waals surface area contributed by atoms with E-state index in [1.54, 1.807) is 0 Å². The molecule has 0 aliphatic carbocycles. The summed E-state index contributed by atoms with van der Waals surface area (Å²) >= 11 is 0. The summed E-state index contributed by atoms with van der Waals surface area (Å²) in [5.74, 6) is 1.73. The van der Waals surface area contributed by atoms with E-state index in [0.29, 0.717) is 13.0 Å². The van der Waals surface area contributed by atoms with Gasteiger partial charge >= 0.3 is 0 Å². The third kappa shape index (κ3) is 2.40. The molecule has 1 atom stereocenters. The quantitative estimate of drug-likeness (QED) is 0.733. The second kappa shape index (κ2) is 5.38. The molecule has 6 heteroatoms. The fourth-order valence-corrected chi connectivity index (χ4v) is 1.87. The van der Waals surface area contributed by atoms with Crippen LogP contribution in [0.4, 0.5) is 0 Å². The number of ether oxygens (including phenoxy) is 1. The molecule has 90 valence electrons. The number of aliphatic hydroxyl groups is 1. The normalized spacial score (nSPS) is 21.2. The molecular formula is C10H18N4O2. The van der Waals surface area contributed by atoms with Gasteiger partial charge in [0, 0.05) is 26.2 Å². The lowest BCUT2D eigenvalue weighted by atomic mass is 10.3. The van der Waals surface area contributed by atoms with Gasteiger partial charge in [0.2, 0.25) is 0 Å². The number of nitrogens with zero attached hydrogens (tertiary/aromatic N) is 3.